The number of alkyl halides is 3. The molecule has 1 atom stereocenters. The highest BCUT2D eigenvalue weighted by molar-refractivity contribution is 6.00. The number of methoxy groups -OCH3 is 1. The van der Waals surface area contributed by atoms with Crippen LogP contribution in [0.25, 0.3) is 0 Å². The molecule has 3 N–H and O–H groups in total. The Morgan fingerprint density at radius 1 is 1.22 bits per heavy atom. The van der Waals surface area contributed by atoms with Gasteiger partial charge in [-0.15, -0.1) is 0 Å². The Labute approximate surface area is 204 Å². The maximum absolute atomic E-state index is 13.7. The van der Waals surface area contributed by atoms with Gasteiger partial charge in [-0.05, 0) is 29.3 Å². The third kappa shape index (κ3) is 5.19. The van der Waals surface area contributed by atoms with Gasteiger partial charge in [-0.1, -0.05) is 18.2 Å². The van der Waals surface area contributed by atoms with Crippen molar-refractivity contribution in [3.05, 3.63) is 64.8 Å². The van der Waals surface area contributed by atoms with Gasteiger partial charge in [0.05, 0.1) is 31.1 Å². The highest BCUT2D eigenvalue weighted by atomic mass is 19.4. The van der Waals surface area contributed by atoms with Crippen molar-refractivity contribution in [1.82, 2.24) is 14.9 Å². The minimum Gasteiger partial charge on any atom is -0.495 e. The molecule has 1 aliphatic heterocycles. The number of rotatable bonds is 8. The van der Waals surface area contributed by atoms with Crippen molar-refractivity contribution < 1.29 is 37.7 Å². The van der Waals surface area contributed by atoms with E-state index in [0.29, 0.717) is 35.3 Å². The number of hydrogen-bond acceptors (Lipinski definition) is 8. The van der Waals surface area contributed by atoms with Gasteiger partial charge in [-0.2, -0.15) is 18.2 Å². The quantitative estimate of drug-likeness (QED) is 0.427. The number of nitrogens with one attached hydrogen (secondary N) is 1. The molecule has 9 nitrogen and oxygen atoms in total. The predicted octanol–water partition coefficient (Wildman–Crippen LogP) is 3.52. The summed E-state index contributed by atoms with van der Waals surface area (Å²) in [5.74, 6) is -1.05. The average molecular weight is 504 g/mol. The molecular formula is C24H23F3N4O5. The first-order valence-corrected chi connectivity index (χ1v) is 10.8. The van der Waals surface area contributed by atoms with Gasteiger partial charge in [-0.25, -0.2) is 4.98 Å². The summed E-state index contributed by atoms with van der Waals surface area (Å²) < 4.78 is 52.0. The molecule has 0 radical (unpaired) electrons. The smallest absolute Gasteiger partial charge is 0.423 e. The second kappa shape index (κ2) is 9.99. The first-order valence-electron chi connectivity index (χ1n) is 10.8. The number of amides is 1. The molecule has 4 rings (SSSR count). The van der Waals surface area contributed by atoms with Gasteiger partial charge >= 0.3 is 6.18 Å². The number of aliphatic hydroxyl groups excluding tert-OH is 2. The van der Waals surface area contributed by atoms with E-state index in [1.807, 2.05) is 0 Å². The van der Waals surface area contributed by atoms with Crippen LogP contribution in [0.3, 0.4) is 0 Å². The minimum absolute atomic E-state index is 0.0404. The first kappa shape index (κ1) is 25.2. The van der Waals surface area contributed by atoms with E-state index in [4.69, 9.17) is 14.6 Å². The van der Waals surface area contributed by atoms with Crippen molar-refractivity contribution in [1.29, 1.82) is 0 Å². The molecule has 3 aromatic rings. The van der Waals surface area contributed by atoms with Crippen LogP contribution in [-0.2, 0) is 19.1 Å². The summed E-state index contributed by atoms with van der Waals surface area (Å²) in [5.41, 5.74) is 0.636. The third-order valence-corrected chi connectivity index (χ3v) is 5.54. The molecule has 0 aliphatic carbocycles. The highest BCUT2D eigenvalue weighted by Gasteiger charge is 2.37. The van der Waals surface area contributed by atoms with Crippen LogP contribution in [0, 0.1) is 0 Å². The molecule has 0 saturated heterocycles. The van der Waals surface area contributed by atoms with E-state index in [2.05, 4.69) is 15.3 Å². The number of carbonyl (C=O) groups excluding carboxylic acids is 1. The van der Waals surface area contributed by atoms with Crippen molar-refractivity contribution in [3.8, 4) is 17.4 Å². The van der Waals surface area contributed by atoms with Crippen molar-refractivity contribution in [3.63, 3.8) is 0 Å². The van der Waals surface area contributed by atoms with Crippen molar-refractivity contribution in [2.45, 2.75) is 25.2 Å². The summed E-state index contributed by atoms with van der Waals surface area (Å²) in [7, 11) is 2.99. The normalized spacial score (nSPS) is 14.0. The number of aliphatic hydroxyl groups is 2. The standard InChI is InChI=1S/C24H23F3N4O5/c1-31-11-14-4-3-5-18(20(14)22(31)34)36-21-16(24(25,26)27)10-28-23(30-21)29-17-7-6-13(8-15(33)12-32)9-19(17)35-2/h3-7,9-10,15,32-33H,8,11-12H2,1-2H3,(H,28,29,30)/t15-/m1/s1. The van der Waals surface area contributed by atoms with Crippen LogP contribution in [0.15, 0.2) is 42.6 Å². The minimum atomic E-state index is -4.81. The zero-order valence-electron chi connectivity index (χ0n) is 19.3. The second-order valence-electron chi connectivity index (χ2n) is 8.16. The van der Waals surface area contributed by atoms with Gasteiger partial charge in [-0.3, -0.25) is 4.79 Å². The molecule has 0 bridgehead atoms. The Bertz CT molecular complexity index is 1290. The Balaban J connectivity index is 1.67. The molecule has 12 heteroatoms. The van der Waals surface area contributed by atoms with E-state index in [1.165, 1.54) is 18.1 Å². The number of carbonyl (C=O) groups is 1. The molecule has 0 fully saturated rings. The molecule has 0 spiro atoms. The van der Waals surface area contributed by atoms with Crippen LogP contribution < -0.4 is 14.8 Å². The van der Waals surface area contributed by atoms with Gasteiger partial charge < -0.3 is 29.9 Å². The molecule has 2 aromatic carbocycles. The maximum Gasteiger partial charge on any atom is 0.423 e. The fourth-order valence-corrected chi connectivity index (χ4v) is 3.78. The summed E-state index contributed by atoms with van der Waals surface area (Å²) in [5, 5.41) is 21.5. The van der Waals surface area contributed by atoms with Crippen molar-refractivity contribution in [2.24, 2.45) is 0 Å². The Morgan fingerprint density at radius 3 is 2.69 bits per heavy atom. The van der Waals surface area contributed by atoms with Crippen LogP contribution in [0.4, 0.5) is 24.8 Å². The van der Waals surface area contributed by atoms with E-state index >= 15 is 0 Å². The summed E-state index contributed by atoms with van der Waals surface area (Å²) in [4.78, 5) is 21.7. The van der Waals surface area contributed by atoms with Crippen LogP contribution >= 0.6 is 0 Å². The van der Waals surface area contributed by atoms with Gasteiger partial charge in [0.15, 0.2) is 0 Å². The molecule has 2 heterocycles. The lowest BCUT2D eigenvalue weighted by molar-refractivity contribution is -0.139. The number of fused-ring (bicyclic) bond motifs is 1. The van der Waals surface area contributed by atoms with Crippen LogP contribution in [0.5, 0.6) is 17.4 Å². The first-order chi connectivity index (χ1) is 17.1. The molecule has 1 amide bonds. The number of ether oxygens (including phenoxy) is 2. The number of halogens is 3. The largest absolute Gasteiger partial charge is 0.495 e. The molecule has 36 heavy (non-hydrogen) atoms. The molecular weight excluding hydrogens is 481 g/mol. The van der Waals surface area contributed by atoms with Gasteiger partial charge in [0.2, 0.25) is 11.8 Å². The Hall–Kier alpha value is -3.90. The van der Waals surface area contributed by atoms with Crippen LogP contribution in [0.1, 0.15) is 27.0 Å². The maximum atomic E-state index is 13.7. The number of aromatic nitrogens is 2. The zero-order chi connectivity index (χ0) is 26.0. The van der Waals surface area contributed by atoms with Crippen molar-refractivity contribution >= 4 is 17.5 Å². The summed E-state index contributed by atoms with van der Waals surface area (Å²) in [6.45, 7) is -0.0871. The van der Waals surface area contributed by atoms with E-state index in [9.17, 15) is 23.1 Å². The number of nitrogens with zero attached hydrogens (tertiary/aromatic N) is 3. The lowest BCUT2D eigenvalue weighted by Crippen LogP contribution is -2.18. The monoisotopic (exact) mass is 504 g/mol. The van der Waals surface area contributed by atoms with Crippen LogP contribution in [-0.4, -0.2) is 57.9 Å². The molecule has 190 valence electrons. The third-order valence-electron chi connectivity index (χ3n) is 5.54. The molecule has 0 unspecified atom stereocenters. The lowest BCUT2D eigenvalue weighted by atomic mass is 10.1. The number of anilines is 2. The number of hydrogen-bond donors (Lipinski definition) is 3. The van der Waals surface area contributed by atoms with E-state index in [0.717, 1.165) is 0 Å². The van der Waals surface area contributed by atoms with Crippen molar-refractivity contribution in [2.75, 3.05) is 26.1 Å². The molecule has 0 saturated carbocycles. The lowest BCUT2D eigenvalue weighted by Gasteiger charge is -2.16. The number of benzene rings is 2. The molecule has 1 aliphatic rings. The van der Waals surface area contributed by atoms with E-state index in [1.54, 1.807) is 37.4 Å². The summed E-state index contributed by atoms with van der Waals surface area (Å²) in [6, 6.07) is 9.55. The predicted molar refractivity (Wildman–Crippen MR) is 122 cm³/mol. The Kier molecular flexibility index (Phi) is 7.00. The second-order valence-corrected chi connectivity index (χ2v) is 8.16. The van der Waals surface area contributed by atoms with Gasteiger partial charge in [0, 0.05) is 26.2 Å². The van der Waals surface area contributed by atoms with Gasteiger partial charge in [0.25, 0.3) is 5.91 Å². The fraction of sp³-hybridized carbons (Fsp3) is 0.292. The zero-order valence-corrected chi connectivity index (χ0v) is 19.3. The SMILES string of the molecule is COc1cc(C[C@@H](O)CO)ccc1Nc1ncc(C(F)(F)F)c(Oc2cccc3c2C(=O)N(C)C3)n1. The van der Waals surface area contributed by atoms with Gasteiger partial charge in [0.1, 0.15) is 17.1 Å². The fourth-order valence-electron chi connectivity index (χ4n) is 3.78. The highest BCUT2D eigenvalue weighted by Crippen LogP contribution is 2.40. The summed E-state index contributed by atoms with van der Waals surface area (Å²) >= 11 is 0. The average Bonchev–Trinajstić information content (AvgIpc) is 3.13. The van der Waals surface area contributed by atoms with E-state index < -0.39 is 30.3 Å². The molecule has 1 aromatic heterocycles. The topological polar surface area (TPSA) is 117 Å². The summed E-state index contributed by atoms with van der Waals surface area (Å²) in [6.07, 6.45) is -4.98. The Morgan fingerprint density at radius 2 is 2.00 bits per heavy atom. The van der Waals surface area contributed by atoms with E-state index in [-0.39, 0.29) is 29.6 Å². The van der Waals surface area contributed by atoms with Crippen LogP contribution in [0.2, 0.25) is 0 Å².